The molecule has 0 radical (unpaired) electrons. The van der Waals surface area contributed by atoms with Crippen LogP contribution < -0.4 is 10.6 Å². The van der Waals surface area contributed by atoms with Gasteiger partial charge in [0.25, 0.3) is 5.91 Å². The number of fused-ring (bicyclic) bond motifs is 2. The summed E-state index contributed by atoms with van der Waals surface area (Å²) >= 11 is 0. The van der Waals surface area contributed by atoms with Gasteiger partial charge in [-0.25, -0.2) is 0 Å². The van der Waals surface area contributed by atoms with Crippen molar-refractivity contribution in [2.45, 2.75) is 37.3 Å². The number of hydrogen-bond donors (Lipinski definition) is 2. The van der Waals surface area contributed by atoms with Gasteiger partial charge in [-0.05, 0) is 43.2 Å². The molecule has 0 saturated carbocycles. The zero-order chi connectivity index (χ0) is 18.2. The van der Waals surface area contributed by atoms with Crippen LogP contribution in [0.4, 0.5) is 18.9 Å². The first-order valence-electron chi connectivity index (χ1n) is 7.86. The molecule has 4 atom stereocenters. The number of carbonyl (C=O) groups excluding carboxylic acids is 2. The van der Waals surface area contributed by atoms with Crippen LogP contribution >= 0.6 is 0 Å². The molecule has 2 saturated heterocycles. The molecule has 134 valence electrons. The van der Waals surface area contributed by atoms with E-state index >= 15 is 0 Å². The Balaban J connectivity index is 1.69. The number of benzene rings is 1. The smallest absolute Gasteiger partial charge is 0.372 e. The van der Waals surface area contributed by atoms with Crippen LogP contribution in [-0.4, -0.2) is 36.2 Å². The minimum Gasteiger partial charge on any atom is -0.372 e. The number of carbonyl (C=O) groups is 2. The zero-order valence-electron chi connectivity index (χ0n) is 13.2. The standard InChI is InChI=1S/C17H17F3N2O3/c1-2-13(23)21-10-5-3-9(4-6-10)16(24)22-15-12-8-7-11(25-12)14(15)17(18,19)20/h2-6,11-12,14-15H,1,7-8H2,(H,21,23)(H,22,24)/t11-,12+,14-,15-/m0/s1. The summed E-state index contributed by atoms with van der Waals surface area (Å²) in [4.78, 5) is 23.5. The number of alkyl halides is 3. The highest BCUT2D eigenvalue weighted by atomic mass is 19.4. The lowest BCUT2D eigenvalue weighted by molar-refractivity contribution is -0.190. The maximum absolute atomic E-state index is 13.2. The first kappa shape index (κ1) is 17.5. The lowest BCUT2D eigenvalue weighted by Gasteiger charge is -2.30. The molecule has 2 N–H and O–H groups in total. The Morgan fingerprint density at radius 2 is 1.80 bits per heavy atom. The summed E-state index contributed by atoms with van der Waals surface area (Å²) in [6, 6.07) is 4.78. The number of ether oxygens (including phenoxy) is 1. The molecule has 0 aromatic heterocycles. The average Bonchev–Trinajstić information content (AvgIpc) is 3.15. The van der Waals surface area contributed by atoms with Gasteiger partial charge in [-0.15, -0.1) is 0 Å². The van der Waals surface area contributed by atoms with Crippen LogP contribution in [0.2, 0.25) is 0 Å². The summed E-state index contributed by atoms with van der Waals surface area (Å²) in [5.41, 5.74) is 0.665. The zero-order valence-corrected chi connectivity index (χ0v) is 13.2. The van der Waals surface area contributed by atoms with Crippen LogP contribution in [-0.2, 0) is 9.53 Å². The molecule has 3 rings (SSSR count). The Morgan fingerprint density at radius 1 is 1.16 bits per heavy atom. The highest BCUT2D eigenvalue weighted by molar-refractivity contribution is 5.99. The van der Waals surface area contributed by atoms with Crippen LogP contribution in [0, 0.1) is 5.92 Å². The first-order chi connectivity index (χ1) is 11.8. The van der Waals surface area contributed by atoms with Crippen molar-refractivity contribution in [3.8, 4) is 0 Å². The number of amides is 2. The second-order valence-electron chi connectivity index (χ2n) is 6.13. The topological polar surface area (TPSA) is 67.4 Å². The van der Waals surface area contributed by atoms with Crippen LogP contribution in [0.15, 0.2) is 36.9 Å². The summed E-state index contributed by atoms with van der Waals surface area (Å²) in [5, 5.41) is 4.99. The summed E-state index contributed by atoms with van der Waals surface area (Å²) in [7, 11) is 0. The van der Waals surface area contributed by atoms with Crippen LogP contribution in [0.5, 0.6) is 0 Å². The van der Waals surface area contributed by atoms with Crippen LogP contribution in [0.25, 0.3) is 0 Å². The number of nitrogens with one attached hydrogen (secondary N) is 2. The normalized spacial score (nSPS) is 27.8. The monoisotopic (exact) mass is 354 g/mol. The fraction of sp³-hybridized carbons (Fsp3) is 0.412. The van der Waals surface area contributed by atoms with Crippen molar-refractivity contribution in [1.82, 2.24) is 5.32 Å². The second-order valence-corrected chi connectivity index (χ2v) is 6.13. The Bertz CT molecular complexity index is 687. The minimum absolute atomic E-state index is 0.209. The van der Waals surface area contributed by atoms with Crippen molar-refractivity contribution in [3.05, 3.63) is 42.5 Å². The third kappa shape index (κ3) is 3.53. The van der Waals surface area contributed by atoms with Crippen molar-refractivity contribution < 1.29 is 27.5 Å². The maximum atomic E-state index is 13.2. The number of anilines is 1. The van der Waals surface area contributed by atoms with Gasteiger partial charge in [-0.2, -0.15) is 13.2 Å². The highest BCUT2D eigenvalue weighted by Crippen LogP contribution is 2.46. The van der Waals surface area contributed by atoms with Gasteiger partial charge >= 0.3 is 6.18 Å². The van der Waals surface area contributed by atoms with E-state index in [2.05, 4.69) is 17.2 Å². The van der Waals surface area contributed by atoms with Crippen LogP contribution in [0.3, 0.4) is 0 Å². The molecule has 0 aliphatic carbocycles. The average molecular weight is 354 g/mol. The van der Waals surface area contributed by atoms with Crippen molar-refractivity contribution in [2.75, 3.05) is 5.32 Å². The molecule has 2 amide bonds. The fourth-order valence-electron chi connectivity index (χ4n) is 3.41. The second kappa shape index (κ2) is 6.51. The molecule has 2 heterocycles. The lowest BCUT2D eigenvalue weighted by atomic mass is 9.84. The van der Waals surface area contributed by atoms with Crippen molar-refractivity contribution >= 4 is 17.5 Å². The fourth-order valence-corrected chi connectivity index (χ4v) is 3.41. The maximum Gasteiger partial charge on any atom is 0.396 e. The van der Waals surface area contributed by atoms with E-state index in [4.69, 9.17) is 4.74 Å². The van der Waals surface area contributed by atoms with E-state index < -0.39 is 42.2 Å². The van der Waals surface area contributed by atoms with Gasteiger partial charge in [0.05, 0.1) is 18.2 Å². The van der Waals surface area contributed by atoms with E-state index in [0.717, 1.165) is 6.08 Å². The minimum atomic E-state index is -4.42. The van der Waals surface area contributed by atoms with Gasteiger partial charge in [-0.1, -0.05) is 6.58 Å². The third-order valence-corrected chi connectivity index (χ3v) is 4.55. The third-order valence-electron chi connectivity index (χ3n) is 4.55. The van der Waals surface area contributed by atoms with Gasteiger partial charge in [-0.3, -0.25) is 9.59 Å². The largest absolute Gasteiger partial charge is 0.396 e. The Hall–Kier alpha value is -2.35. The van der Waals surface area contributed by atoms with E-state index in [1.807, 2.05) is 0 Å². The molecular weight excluding hydrogens is 337 g/mol. The predicted octanol–water partition coefficient (Wildman–Crippen LogP) is 2.65. The van der Waals surface area contributed by atoms with Crippen molar-refractivity contribution in [3.63, 3.8) is 0 Å². The van der Waals surface area contributed by atoms with E-state index in [0.29, 0.717) is 18.5 Å². The number of rotatable bonds is 4. The molecule has 1 aromatic rings. The Morgan fingerprint density at radius 3 is 2.40 bits per heavy atom. The molecule has 8 heteroatoms. The summed E-state index contributed by atoms with van der Waals surface area (Å²) in [5.74, 6) is -2.68. The van der Waals surface area contributed by atoms with Crippen molar-refractivity contribution in [2.24, 2.45) is 5.92 Å². The molecule has 2 bridgehead atoms. The lowest BCUT2D eigenvalue weighted by Crippen LogP contribution is -2.51. The van der Waals surface area contributed by atoms with Crippen molar-refractivity contribution in [1.29, 1.82) is 0 Å². The quantitative estimate of drug-likeness (QED) is 0.817. The molecule has 1 aromatic carbocycles. The summed E-state index contributed by atoms with van der Waals surface area (Å²) in [6.07, 6.45) is -3.93. The Kier molecular flexibility index (Phi) is 4.55. The van der Waals surface area contributed by atoms with Gasteiger partial charge < -0.3 is 15.4 Å². The Labute approximate surface area is 142 Å². The number of halogens is 3. The summed E-state index contributed by atoms with van der Waals surface area (Å²) in [6.45, 7) is 3.33. The van der Waals surface area contributed by atoms with E-state index in [1.165, 1.54) is 24.3 Å². The first-order valence-corrected chi connectivity index (χ1v) is 7.86. The summed E-state index contributed by atoms with van der Waals surface area (Å²) < 4.78 is 45.1. The van der Waals surface area contributed by atoms with Gasteiger partial charge in [0.2, 0.25) is 5.91 Å². The molecule has 0 spiro atoms. The van der Waals surface area contributed by atoms with Crippen LogP contribution in [0.1, 0.15) is 23.2 Å². The van der Waals surface area contributed by atoms with E-state index in [-0.39, 0.29) is 5.56 Å². The molecule has 25 heavy (non-hydrogen) atoms. The molecule has 2 aliphatic rings. The molecule has 5 nitrogen and oxygen atoms in total. The molecule has 0 unspecified atom stereocenters. The predicted molar refractivity (Wildman–Crippen MR) is 84.0 cm³/mol. The van der Waals surface area contributed by atoms with E-state index in [1.54, 1.807) is 0 Å². The van der Waals surface area contributed by atoms with E-state index in [9.17, 15) is 22.8 Å². The SMILES string of the molecule is C=CC(=O)Nc1ccc(C(=O)N[C@@H]2[C@@H](C(F)(F)F)[C@@H]3CC[C@H]2O3)cc1. The van der Waals surface area contributed by atoms with Gasteiger partial charge in [0.15, 0.2) is 0 Å². The molecule has 2 fully saturated rings. The highest BCUT2D eigenvalue weighted by Gasteiger charge is 2.60. The molecule has 2 aliphatic heterocycles. The number of hydrogen-bond acceptors (Lipinski definition) is 3. The van der Waals surface area contributed by atoms with Gasteiger partial charge in [0.1, 0.15) is 5.92 Å². The van der Waals surface area contributed by atoms with Gasteiger partial charge in [0, 0.05) is 11.3 Å². The molecular formula is C17H17F3N2O3.